The Balaban J connectivity index is 1.94. The van der Waals surface area contributed by atoms with Gasteiger partial charge in [0.1, 0.15) is 0 Å². The molecule has 0 saturated carbocycles. The van der Waals surface area contributed by atoms with E-state index in [9.17, 15) is 4.79 Å². The maximum absolute atomic E-state index is 11.4. The van der Waals surface area contributed by atoms with Gasteiger partial charge in [0.15, 0.2) is 10.3 Å². The number of nitrogens with zero attached hydrogens (tertiary/aromatic N) is 3. The molecule has 0 unspecified atom stereocenters. The van der Waals surface area contributed by atoms with Crippen molar-refractivity contribution in [3.8, 4) is 0 Å². The van der Waals surface area contributed by atoms with Crippen molar-refractivity contribution in [1.82, 2.24) is 25.3 Å². The minimum absolute atomic E-state index is 0.177. The van der Waals surface area contributed by atoms with Gasteiger partial charge in [0, 0.05) is 49.9 Å². The van der Waals surface area contributed by atoms with Crippen molar-refractivity contribution in [2.75, 3.05) is 20.3 Å². The first-order valence-electron chi connectivity index (χ1n) is 6.44. The Morgan fingerprint density at radius 2 is 2.14 bits per heavy atom. The van der Waals surface area contributed by atoms with E-state index in [4.69, 9.17) is 4.74 Å². The van der Waals surface area contributed by atoms with Crippen LogP contribution in [0.2, 0.25) is 0 Å². The maximum Gasteiger partial charge on any atom is 0.251 e. The zero-order valence-electron chi connectivity index (χ0n) is 11.9. The molecule has 7 nitrogen and oxygen atoms in total. The van der Waals surface area contributed by atoms with Crippen LogP contribution < -0.4 is 10.9 Å². The van der Waals surface area contributed by atoms with Gasteiger partial charge >= 0.3 is 0 Å². The second-order valence-electron chi connectivity index (χ2n) is 4.34. The van der Waals surface area contributed by atoms with Gasteiger partial charge in [-0.2, -0.15) is 0 Å². The third-order valence-corrected chi connectivity index (χ3v) is 3.31. The van der Waals surface area contributed by atoms with Crippen molar-refractivity contribution >= 4 is 11.8 Å². The molecule has 0 amide bonds. The molecule has 2 aromatic heterocycles. The fourth-order valence-electron chi connectivity index (χ4n) is 1.58. The Kier molecular flexibility index (Phi) is 5.85. The van der Waals surface area contributed by atoms with E-state index < -0.39 is 0 Å². The summed E-state index contributed by atoms with van der Waals surface area (Å²) in [6.45, 7) is 3.91. The van der Waals surface area contributed by atoms with Crippen LogP contribution in [0.25, 0.3) is 0 Å². The fraction of sp³-hybridized carbons (Fsp3) is 0.385. The SMILES string of the molecule is COCCNCc1cnc(Sc2nc(C)cc(=O)[nH]2)nc1. The van der Waals surface area contributed by atoms with Crippen molar-refractivity contribution in [3.63, 3.8) is 0 Å². The summed E-state index contributed by atoms with van der Waals surface area (Å²) in [5, 5.41) is 4.25. The van der Waals surface area contributed by atoms with Crippen molar-refractivity contribution in [1.29, 1.82) is 0 Å². The molecule has 0 aromatic carbocycles. The van der Waals surface area contributed by atoms with Crippen LogP contribution in [-0.4, -0.2) is 40.2 Å². The second-order valence-corrected chi connectivity index (χ2v) is 5.29. The maximum atomic E-state index is 11.4. The van der Waals surface area contributed by atoms with E-state index in [2.05, 4.69) is 25.3 Å². The molecule has 8 heteroatoms. The summed E-state index contributed by atoms with van der Waals surface area (Å²) in [6, 6.07) is 1.44. The van der Waals surface area contributed by atoms with Crippen molar-refractivity contribution < 1.29 is 4.74 Å². The lowest BCUT2D eigenvalue weighted by Gasteiger charge is -2.04. The lowest BCUT2D eigenvalue weighted by atomic mass is 10.3. The molecule has 0 spiro atoms. The summed E-state index contributed by atoms with van der Waals surface area (Å²) in [5.41, 5.74) is 1.48. The van der Waals surface area contributed by atoms with Crippen LogP contribution in [0.5, 0.6) is 0 Å². The molecule has 2 N–H and O–H groups in total. The van der Waals surface area contributed by atoms with Gasteiger partial charge in [-0.1, -0.05) is 0 Å². The smallest absolute Gasteiger partial charge is 0.251 e. The topological polar surface area (TPSA) is 92.8 Å². The first-order chi connectivity index (χ1) is 10.2. The van der Waals surface area contributed by atoms with Crippen molar-refractivity contribution in [2.45, 2.75) is 23.8 Å². The van der Waals surface area contributed by atoms with Crippen LogP contribution in [-0.2, 0) is 11.3 Å². The van der Waals surface area contributed by atoms with Gasteiger partial charge in [-0.15, -0.1) is 0 Å². The third-order valence-electron chi connectivity index (χ3n) is 2.53. The van der Waals surface area contributed by atoms with E-state index in [0.717, 1.165) is 12.1 Å². The Morgan fingerprint density at radius 3 is 2.81 bits per heavy atom. The summed E-state index contributed by atoms with van der Waals surface area (Å²) >= 11 is 1.23. The largest absolute Gasteiger partial charge is 0.383 e. The number of nitrogens with one attached hydrogen (secondary N) is 2. The van der Waals surface area contributed by atoms with Gasteiger partial charge in [0.25, 0.3) is 5.56 Å². The zero-order valence-corrected chi connectivity index (χ0v) is 12.7. The van der Waals surface area contributed by atoms with E-state index in [0.29, 0.717) is 29.2 Å². The predicted molar refractivity (Wildman–Crippen MR) is 79.3 cm³/mol. The average Bonchev–Trinajstić information content (AvgIpc) is 2.44. The number of aromatic amines is 1. The van der Waals surface area contributed by atoms with Crippen LogP contribution in [0.4, 0.5) is 0 Å². The minimum atomic E-state index is -0.177. The highest BCUT2D eigenvalue weighted by Crippen LogP contribution is 2.19. The molecule has 2 heterocycles. The van der Waals surface area contributed by atoms with Crippen LogP contribution in [0, 0.1) is 6.92 Å². The van der Waals surface area contributed by atoms with Gasteiger partial charge in [-0.25, -0.2) is 15.0 Å². The van der Waals surface area contributed by atoms with Crippen molar-refractivity contribution in [3.05, 3.63) is 40.1 Å². The Bertz CT molecular complexity index is 629. The summed E-state index contributed by atoms with van der Waals surface area (Å²) < 4.78 is 4.95. The van der Waals surface area contributed by atoms with Gasteiger partial charge in [-0.3, -0.25) is 4.79 Å². The summed E-state index contributed by atoms with van der Waals surface area (Å²) in [6.07, 6.45) is 3.51. The summed E-state index contributed by atoms with van der Waals surface area (Å²) in [4.78, 5) is 26.7. The van der Waals surface area contributed by atoms with Crippen LogP contribution in [0.1, 0.15) is 11.3 Å². The van der Waals surface area contributed by atoms with Gasteiger partial charge in [-0.05, 0) is 18.7 Å². The molecule has 0 atom stereocenters. The Labute approximate surface area is 126 Å². The third kappa shape index (κ3) is 5.25. The summed E-state index contributed by atoms with van der Waals surface area (Å²) in [7, 11) is 1.67. The molecule has 0 bridgehead atoms. The fourth-order valence-corrected chi connectivity index (χ4v) is 2.31. The first kappa shape index (κ1) is 15.6. The number of ether oxygens (including phenoxy) is 1. The van der Waals surface area contributed by atoms with Crippen molar-refractivity contribution in [2.24, 2.45) is 0 Å². The highest BCUT2D eigenvalue weighted by atomic mass is 32.2. The number of hydrogen-bond donors (Lipinski definition) is 2. The zero-order chi connectivity index (χ0) is 15.1. The molecule has 0 aliphatic heterocycles. The average molecular weight is 307 g/mol. The van der Waals surface area contributed by atoms with Crippen LogP contribution >= 0.6 is 11.8 Å². The number of rotatable bonds is 7. The van der Waals surface area contributed by atoms with Gasteiger partial charge < -0.3 is 15.0 Å². The number of H-pyrrole nitrogens is 1. The summed E-state index contributed by atoms with van der Waals surface area (Å²) in [5.74, 6) is 0. The lowest BCUT2D eigenvalue weighted by Crippen LogP contribution is -2.18. The Hall–Kier alpha value is -1.77. The monoisotopic (exact) mass is 307 g/mol. The number of aryl methyl sites for hydroxylation is 1. The second kappa shape index (κ2) is 7.87. The molecule has 21 heavy (non-hydrogen) atoms. The van der Waals surface area contributed by atoms with Gasteiger partial charge in [0.05, 0.1) is 6.61 Å². The number of aromatic nitrogens is 4. The molecule has 0 radical (unpaired) electrons. The highest BCUT2D eigenvalue weighted by molar-refractivity contribution is 7.99. The highest BCUT2D eigenvalue weighted by Gasteiger charge is 2.04. The molecule has 2 rings (SSSR count). The van der Waals surface area contributed by atoms with E-state index in [1.54, 1.807) is 26.4 Å². The lowest BCUT2D eigenvalue weighted by molar-refractivity contribution is 0.199. The van der Waals surface area contributed by atoms with Crippen LogP contribution in [0.15, 0.2) is 33.6 Å². The molecule has 2 aromatic rings. The quantitative estimate of drug-likeness (QED) is 0.576. The van der Waals surface area contributed by atoms with E-state index in [1.165, 1.54) is 17.8 Å². The minimum Gasteiger partial charge on any atom is -0.383 e. The van der Waals surface area contributed by atoms with Gasteiger partial charge in [0.2, 0.25) is 0 Å². The van der Waals surface area contributed by atoms with E-state index >= 15 is 0 Å². The molecule has 112 valence electrons. The molecule has 0 aliphatic rings. The molecular weight excluding hydrogens is 290 g/mol. The number of hydrogen-bond acceptors (Lipinski definition) is 7. The first-order valence-corrected chi connectivity index (χ1v) is 7.25. The molecule has 0 fully saturated rings. The van der Waals surface area contributed by atoms with E-state index in [1.807, 2.05) is 0 Å². The van der Waals surface area contributed by atoms with E-state index in [-0.39, 0.29) is 5.56 Å². The molecule has 0 saturated heterocycles. The predicted octanol–water partition coefficient (Wildman–Crippen LogP) is 0.756. The Morgan fingerprint density at radius 1 is 1.38 bits per heavy atom. The molecule has 0 aliphatic carbocycles. The number of methoxy groups -OCH3 is 1. The normalized spacial score (nSPS) is 10.8. The van der Waals surface area contributed by atoms with Crippen LogP contribution in [0.3, 0.4) is 0 Å². The standard InChI is InChI=1S/C13H17N5O2S/c1-9-5-11(19)18-13(17-9)21-12-15-7-10(8-16-12)6-14-3-4-20-2/h5,7-8,14H,3-4,6H2,1-2H3,(H,17,18,19). The molecular formula is C13H17N5O2S.